The first-order chi connectivity index (χ1) is 11.4. The van der Waals surface area contributed by atoms with Crippen molar-refractivity contribution in [2.45, 2.75) is 13.8 Å². The van der Waals surface area contributed by atoms with Crippen molar-refractivity contribution in [3.63, 3.8) is 0 Å². The van der Waals surface area contributed by atoms with Gasteiger partial charge in [-0.1, -0.05) is 12.1 Å². The van der Waals surface area contributed by atoms with Crippen LogP contribution in [0.5, 0.6) is 0 Å². The Labute approximate surface area is 137 Å². The monoisotopic (exact) mass is 325 g/mol. The van der Waals surface area contributed by atoms with E-state index in [0.717, 1.165) is 17.2 Å². The zero-order valence-electron chi connectivity index (χ0n) is 13.6. The molecule has 6 heteroatoms. The number of amides is 1. The summed E-state index contributed by atoms with van der Waals surface area (Å²) in [7, 11) is 1.61. The lowest BCUT2D eigenvalue weighted by atomic mass is 10.1. The van der Waals surface area contributed by atoms with Crippen molar-refractivity contribution < 1.29 is 9.18 Å². The fourth-order valence-electron chi connectivity index (χ4n) is 2.57. The lowest BCUT2D eigenvalue weighted by Gasteiger charge is -2.11. The number of benzene rings is 2. The van der Waals surface area contributed by atoms with Crippen molar-refractivity contribution in [3.8, 4) is 0 Å². The average Bonchev–Trinajstić information content (AvgIpc) is 2.55. The van der Waals surface area contributed by atoms with Gasteiger partial charge >= 0.3 is 0 Å². The summed E-state index contributed by atoms with van der Waals surface area (Å²) in [5.41, 5.74) is 2.15. The third-order valence-corrected chi connectivity index (χ3v) is 4.08. The van der Waals surface area contributed by atoms with Gasteiger partial charge in [-0.2, -0.15) is 5.10 Å². The zero-order valence-corrected chi connectivity index (χ0v) is 13.6. The van der Waals surface area contributed by atoms with E-state index in [1.165, 1.54) is 16.8 Å². The Morgan fingerprint density at radius 3 is 2.71 bits per heavy atom. The van der Waals surface area contributed by atoms with Gasteiger partial charge in [0.05, 0.1) is 10.9 Å². The lowest BCUT2D eigenvalue weighted by molar-refractivity contribution is 0.101. The van der Waals surface area contributed by atoms with Crippen LogP contribution in [-0.4, -0.2) is 15.7 Å². The van der Waals surface area contributed by atoms with Crippen LogP contribution in [0.3, 0.4) is 0 Å². The third kappa shape index (κ3) is 2.67. The van der Waals surface area contributed by atoms with E-state index in [1.54, 1.807) is 13.1 Å². The summed E-state index contributed by atoms with van der Waals surface area (Å²) >= 11 is 0. The van der Waals surface area contributed by atoms with Gasteiger partial charge in [0.15, 0.2) is 5.69 Å². The van der Waals surface area contributed by atoms with Gasteiger partial charge in [0.25, 0.3) is 5.91 Å². The molecule has 0 saturated carbocycles. The molecule has 1 N–H and O–H groups in total. The van der Waals surface area contributed by atoms with E-state index >= 15 is 0 Å². The Morgan fingerprint density at radius 2 is 1.96 bits per heavy atom. The average molecular weight is 325 g/mol. The normalized spacial score (nSPS) is 10.8. The topological polar surface area (TPSA) is 64.0 Å². The molecule has 24 heavy (non-hydrogen) atoms. The number of carbonyl (C=O) groups excluding carboxylic acids is 1. The first-order valence-electron chi connectivity index (χ1n) is 7.42. The molecule has 0 aliphatic heterocycles. The maximum atomic E-state index is 13.5. The molecule has 0 bridgehead atoms. The van der Waals surface area contributed by atoms with Crippen LogP contribution in [-0.2, 0) is 7.05 Å². The van der Waals surface area contributed by atoms with Crippen molar-refractivity contribution in [1.82, 2.24) is 9.78 Å². The maximum Gasteiger partial charge on any atom is 0.280 e. The van der Waals surface area contributed by atoms with Crippen molar-refractivity contribution >= 4 is 22.5 Å². The second-order valence-electron chi connectivity index (χ2n) is 5.66. The van der Waals surface area contributed by atoms with Gasteiger partial charge in [0.1, 0.15) is 5.82 Å². The number of halogens is 1. The first-order valence-corrected chi connectivity index (χ1v) is 7.42. The van der Waals surface area contributed by atoms with Crippen LogP contribution in [0.2, 0.25) is 0 Å². The Hall–Kier alpha value is -3.02. The molecule has 122 valence electrons. The van der Waals surface area contributed by atoms with Crippen LogP contribution in [0.1, 0.15) is 21.6 Å². The van der Waals surface area contributed by atoms with E-state index in [2.05, 4.69) is 10.4 Å². The van der Waals surface area contributed by atoms with E-state index in [9.17, 15) is 14.0 Å². The quantitative estimate of drug-likeness (QED) is 0.788. The third-order valence-electron chi connectivity index (χ3n) is 4.08. The van der Waals surface area contributed by atoms with Crippen LogP contribution in [0.4, 0.5) is 10.1 Å². The van der Waals surface area contributed by atoms with Gasteiger partial charge in [-0.3, -0.25) is 14.3 Å². The summed E-state index contributed by atoms with van der Waals surface area (Å²) in [6.07, 6.45) is 0. The van der Waals surface area contributed by atoms with Crippen LogP contribution in [0.15, 0.2) is 41.2 Å². The molecule has 0 spiro atoms. The van der Waals surface area contributed by atoms with Crippen LogP contribution < -0.4 is 10.7 Å². The maximum absolute atomic E-state index is 13.5. The number of hydrogen-bond donors (Lipinski definition) is 1. The predicted molar refractivity (Wildman–Crippen MR) is 90.8 cm³/mol. The molecule has 0 unspecified atom stereocenters. The second kappa shape index (κ2) is 5.88. The molecular weight excluding hydrogens is 309 g/mol. The summed E-state index contributed by atoms with van der Waals surface area (Å²) in [4.78, 5) is 25.0. The van der Waals surface area contributed by atoms with Crippen molar-refractivity contribution in [2.75, 3.05) is 5.32 Å². The minimum Gasteiger partial charge on any atom is -0.320 e. The molecule has 1 amide bonds. The number of carbonyl (C=O) groups is 1. The molecule has 0 aliphatic carbocycles. The fraction of sp³-hybridized carbons (Fsp3) is 0.167. The van der Waals surface area contributed by atoms with Gasteiger partial charge in [-0.15, -0.1) is 0 Å². The molecule has 3 aromatic rings. The van der Waals surface area contributed by atoms with E-state index in [-0.39, 0.29) is 11.1 Å². The fourth-order valence-corrected chi connectivity index (χ4v) is 2.57. The van der Waals surface area contributed by atoms with E-state index < -0.39 is 17.2 Å². The molecule has 2 aromatic carbocycles. The molecule has 0 saturated heterocycles. The number of nitrogens with zero attached hydrogens (tertiary/aromatic N) is 2. The summed E-state index contributed by atoms with van der Waals surface area (Å²) in [6.45, 7) is 3.81. The lowest BCUT2D eigenvalue weighted by Crippen LogP contribution is -2.26. The Morgan fingerprint density at radius 1 is 1.21 bits per heavy atom. The Balaban J connectivity index is 2.09. The number of nitrogens with one attached hydrogen (secondary N) is 1. The van der Waals surface area contributed by atoms with Gasteiger partial charge in [0.2, 0.25) is 5.43 Å². The highest BCUT2D eigenvalue weighted by atomic mass is 19.1. The van der Waals surface area contributed by atoms with Crippen LogP contribution in [0, 0.1) is 19.7 Å². The second-order valence-corrected chi connectivity index (χ2v) is 5.66. The SMILES string of the molecule is Cc1cccc(NC(=O)c2nn(C)c3ccc(F)cc3c2=O)c1C. The van der Waals surface area contributed by atoms with Crippen LogP contribution in [0.25, 0.3) is 10.9 Å². The van der Waals surface area contributed by atoms with Gasteiger partial charge in [-0.25, -0.2) is 4.39 Å². The molecule has 1 heterocycles. The number of aryl methyl sites for hydroxylation is 2. The number of fused-ring (bicyclic) bond motifs is 1. The molecular formula is C18H16FN3O2. The van der Waals surface area contributed by atoms with Crippen LogP contribution >= 0.6 is 0 Å². The van der Waals surface area contributed by atoms with Gasteiger partial charge in [-0.05, 0) is 49.2 Å². The summed E-state index contributed by atoms with van der Waals surface area (Å²) in [5, 5.41) is 6.88. The zero-order chi connectivity index (χ0) is 17.4. The molecule has 1 aromatic heterocycles. The highest BCUT2D eigenvalue weighted by Gasteiger charge is 2.18. The first kappa shape index (κ1) is 15.9. The molecule has 5 nitrogen and oxygen atoms in total. The standard InChI is InChI=1S/C18H16FN3O2/c1-10-5-4-6-14(11(10)2)20-18(24)16-17(23)13-9-12(19)7-8-15(13)22(3)21-16/h4-9H,1-3H3,(H,20,24). The minimum absolute atomic E-state index is 0.124. The van der Waals surface area contributed by atoms with Gasteiger partial charge < -0.3 is 5.32 Å². The minimum atomic E-state index is -0.615. The number of aromatic nitrogens is 2. The Kier molecular flexibility index (Phi) is 3.89. The largest absolute Gasteiger partial charge is 0.320 e. The van der Waals surface area contributed by atoms with Crippen molar-refractivity contribution in [2.24, 2.45) is 7.05 Å². The summed E-state index contributed by atoms with van der Waals surface area (Å²) in [6, 6.07) is 9.34. The smallest absolute Gasteiger partial charge is 0.280 e. The van der Waals surface area contributed by atoms with E-state index in [1.807, 2.05) is 26.0 Å². The summed E-state index contributed by atoms with van der Waals surface area (Å²) < 4.78 is 14.9. The van der Waals surface area contributed by atoms with Gasteiger partial charge in [0, 0.05) is 12.7 Å². The highest BCUT2D eigenvalue weighted by molar-refractivity contribution is 6.04. The number of hydrogen-bond acceptors (Lipinski definition) is 3. The Bertz CT molecular complexity index is 1020. The molecule has 0 atom stereocenters. The van der Waals surface area contributed by atoms with E-state index in [4.69, 9.17) is 0 Å². The molecule has 3 rings (SSSR count). The van der Waals surface area contributed by atoms with E-state index in [0.29, 0.717) is 11.2 Å². The van der Waals surface area contributed by atoms with Crippen molar-refractivity contribution in [1.29, 1.82) is 0 Å². The summed E-state index contributed by atoms with van der Waals surface area (Å²) in [5.74, 6) is -1.15. The molecule has 0 radical (unpaired) electrons. The highest BCUT2D eigenvalue weighted by Crippen LogP contribution is 2.18. The number of anilines is 1. The number of rotatable bonds is 2. The molecule has 0 aliphatic rings. The molecule has 0 fully saturated rings. The van der Waals surface area contributed by atoms with Crippen molar-refractivity contribution in [3.05, 3.63) is 69.3 Å². The predicted octanol–water partition coefficient (Wildman–Crippen LogP) is 2.94.